The van der Waals surface area contributed by atoms with Crippen molar-refractivity contribution in [2.24, 2.45) is 0 Å². The highest BCUT2D eigenvalue weighted by Gasteiger charge is 2.09. The molecule has 0 heterocycles. The number of nitrogens with one attached hydrogen (secondary N) is 1. The Morgan fingerprint density at radius 3 is 2.76 bits per heavy atom. The maximum absolute atomic E-state index is 11.7. The van der Waals surface area contributed by atoms with Crippen LogP contribution in [0, 0.1) is 11.3 Å². The van der Waals surface area contributed by atoms with Gasteiger partial charge >= 0.3 is 0 Å². The maximum atomic E-state index is 11.7. The van der Waals surface area contributed by atoms with Gasteiger partial charge in [0.2, 0.25) is 0 Å². The molecule has 1 aromatic rings. The SMILES string of the molecule is N#CCCCCNC(=O)c1ccc(Cl)cc1Cl. The van der Waals surface area contributed by atoms with Gasteiger partial charge in [0.25, 0.3) is 5.91 Å². The van der Waals surface area contributed by atoms with E-state index in [0.717, 1.165) is 12.8 Å². The number of nitriles is 1. The maximum Gasteiger partial charge on any atom is 0.252 e. The van der Waals surface area contributed by atoms with Gasteiger partial charge < -0.3 is 5.32 Å². The molecule has 0 aliphatic heterocycles. The number of carbonyl (C=O) groups is 1. The van der Waals surface area contributed by atoms with Crippen LogP contribution in [0.15, 0.2) is 18.2 Å². The van der Waals surface area contributed by atoms with Gasteiger partial charge in [-0.3, -0.25) is 4.79 Å². The molecule has 0 unspecified atom stereocenters. The van der Waals surface area contributed by atoms with Gasteiger partial charge in [-0.05, 0) is 31.0 Å². The smallest absolute Gasteiger partial charge is 0.252 e. The zero-order valence-corrected chi connectivity index (χ0v) is 10.7. The molecular formula is C12H12Cl2N2O. The zero-order chi connectivity index (χ0) is 12.7. The summed E-state index contributed by atoms with van der Waals surface area (Å²) < 4.78 is 0. The van der Waals surface area contributed by atoms with Crippen LogP contribution in [0.3, 0.4) is 0 Å². The lowest BCUT2D eigenvalue weighted by Gasteiger charge is -2.06. The second kappa shape index (κ2) is 7.16. The molecule has 0 saturated carbocycles. The molecule has 0 aromatic heterocycles. The molecule has 0 aliphatic rings. The van der Waals surface area contributed by atoms with E-state index in [4.69, 9.17) is 28.5 Å². The first-order chi connectivity index (χ1) is 8.15. The van der Waals surface area contributed by atoms with Crippen molar-refractivity contribution in [3.8, 4) is 6.07 Å². The molecule has 0 fully saturated rings. The molecular weight excluding hydrogens is 259 g/mol. The first-order valence-corrected chi connectivity index (χ1v) is 6.01. The van der Waals surface area contributed by atoms with E-state index < -0.39 is 0 Å². The summed E-state index contributed by atoms with van der Waals surface area (Å²) in [5.41, 5.74) is 0.413. The van der Waals surface area contributed by atoms with Crippen molar-refractivity contribution in [2.45, 2.75) is 19.3 Å². The van der Waals surface area contributed by atoms with Crippen molar-refractivity contribution >= 4 is 29.1 Å². The molecule has 1 amide bonds. The number of rotatable bonds is 5. The molecule has 17 heavy (non-hydrogen) atoms. The monoisotopic (exact) mass is 270 g/mol. The number of nitrogens with zero attached hydrogens (tertiary/aromatic N) is 1. The van der Waals surface area contributed by atoms with E-state index in [1.165, 1.54) is 6.07 Å². The van der Waals surface area contributed by atoms with E-state index in [1.54, 1.807) is 12.1 Å². The summed E-state index contributed by atoms with van der Waals surface area (Å²) >= 11 is 11.6. The molecule has 0 spiro atoms. The van der Waals surface area contributed by atoms with Gasteiger partial charge in [-0.1, -0.05) is 23.2 Å². The van der Waals surface area contributed by atoms with E-state index in [9.17, 15) is 4.79 Å². The van der Waals surface area contributed by atoms with Gasteiger partial charge in [-0.25, -0.2) is 0 Å². The van der Waals surface area contributed by atoms with Crippen LogP contribution in [-0.4, -0.2) is 12.5 Å². The Hall–Kier alpha value is -1.24. The normalized spacial score (nSPS) is 9.71. The van der Waals surface area contributed by atoms with Crippen LogP contribution in [0.2, 0.25) is 10.0 Å². The van der Waals surface area contributed by atoms with Gasteiger partial charge in [-0.2, -0.15) is 5.26 Å². The highest BCUT2D eigenvalue weighted by atomic mass is 35.5. The number of unbranched alkanes of at least 4 members (excludes halogenated alkanes) is 2. The van der Waals surface area contributed by atoms with Crippen LogP contribution in [0.25, 0.3) is 0 Å². The van der Waals surface area contributed by atoms with E-state index in [1.807, 2.05) is 0 Å². The summed E-state index contributed by atoms with van der Waals surface area (Å²) in [6, 6.07) is 6.81. The van der Waals surface area contributed by atoms with E-state index in [0.29, 0.717) is 28.6 Å². The van der Waals surface area contributed by atoms with Crippen molar-refractivity contribution in [1.82, 2.24) is 5.32 Å². The first-order valence-electron chi connectivity index (χ1n) is 5.25. The summed E-state index contributed by atoms with van der Waals surface area (Å²) in [6.45, 7) is 0.541. The fourth-order valence-electron chi connectivity index (χ4n) is 1.30. The Morgan fingerprint density at radius 2 is 2.12 bits per heavy atom. The molecule has 3 nitrogen and oxygen atoms in total. The largest absolute Gasteiger partial charge is 0.352 e. The zero-order valence-electron chi connectivity index (χ0n) is 9.17. The number of hydrogen-bond acceptors (Lipinski definition) is 2. The Bertz CT molecular complexity index is 441. The predicted octanol–water partition coefficient (Wildman–Crippen LogP) is 3.42. The molecule has 0 radical (unpaired) electrons. The quantitative estimate of drug-likeness (QED) is 0.834. The molecule has 5 heteroatoms. The van der Waals surface area contributed by atoms with Gasteiger partial charge in [-0.15, -0.1) is 0 Å². The molecule has 0 bridgehead atoms. The summed E-state index contributed by atoms with van der Waals surface area (Å²) in [7, 11) is 0. The molecule has 0 atom stereocenters. The number of hydrogen-bond donors (Lipinski definition) is 1. The van der Waals surface area contributed by atoms with Crippen LogP contribution in [0.1, 0.15) is 29.6 Å². The Kier molecular flexibility index (Phi) is 5.82. The van der Waals surface area contributed by atoms with Crippen LogP contribution in [-0.2, 0) is 0 Å². The number of amides is 1. The third-order valence-electron chi connectivity index (χ3n) is 2.18. The lowest BCUT2D eigenvalue weighted by atomic mass is 10.2. The molecule has 1 rings (SSSR count). The predicted molar refractivity (Wildman–Crippen MR) is 68.3 cm³/mol. The van der Waals surface area contributed by atoms with E-state index >= 15 is 0 Å². The van der Waals surface area contributed by atoms with Crippen LogP contribution < -0.4 is 5.32 Å². The van der Waals surface area contributed by atoms with Crippen LogP contribution in [0.4, 0.5) is 0 Å². The first kappa shape index (κ1) is 13.8. The standard InChI is InChI=1S/C12H12Cl2N2O/c13-9-4-5-10(11(14)8-9)12(17)16-7-3-1-2-6-15/h4-5,8H,1-3,7H2,(H,16,17). The average molecular weight is 271 g/mol. The fraction of sp³-hybridized carbons (Fsp3) is 0.333. The lowest BCUT2D eigenvalue weighted by molar-refractivity contribution is 0.0953. The summed E-state index contributed by atoms with van der Waals surface area (Å²) in [5, 5.41) is 11.9. The van der Waals surface area contributed by atoms with Crippen LogP contribution in [0.5, 0.6) is 0 Å². The number of carbonyl (C=O) groups excluding carboxylic acids is 1. The fourth-order valence-corrected chi connectivity index (χ4v) is 1.79. The molecule has 1 N–H and O–H groups in total. The molecule has 0 saturated heterocycles. The average Bonchev–Trinajstić information content (AvgIpc) is 2.28. The van der Waals surface area contributed by atoms with Crippen molar-refractivity contribution in [2.75, 3.05) is 6.54 Å². The molecule has 0 aliphatic carbocycles. The minimum atomic E-state index is -0.219. The number of halogens is 2. The minimum Gasteiger partial charge on any atom is -0.352 e. The van der Waals surface area contributed by atoms with Gasteiger partial charge in [0.15, 0.2) is 0 Å². The van der Waals surface area contributed by atoms with Gasteiger partial charge in [0, 0.05) is 18.0 Å². The van der Waals surface area contributed by atoms with Crippen molar-refractivity contribution in [1.29, 1.82) is 5.26 Å². The summed E-state index contributed by atoms with van der Waals surface area (Å²) in [6.07, 6.45) is 2.08. The van der Waals surface area contributed by atoms with Crippen molar-refractivity contribution in [3.05, 3.63) is 33.8 Å². The third-order valence-corrected chi connectivity index (χ3v) is 2.72. The second-order valence-corrected chi connectivity index (χ2v) is 4.34. The third kappa shape index (κ3) is 4.64. The van der Waals surface area contributed by atoms with Crippen LogP contribution >= 0.6 is 23.2 Å². The Morgan fingerprint density at radius 1 is 1.35 bits per heavy atom. The van der Waals surface area contributed by atoms with Crippen molar-refractivity contribution < 1.29 is 4.79 Å². The highest BCUT2D eigenvalue weighted by Crippen LogP contribution is 2.20. The topological polar surface area (TPSA) is 52.9 Å². The summed E-state index contributed by atoms with van der Waals surface area (Å²) in [4.78, 5) is 11.7. The highest BCUT2D eigenvalue weighted by molar-refractivity contribution is 6.36. The van der Waals surface area contributed by atoms with E-state index in [2.05, 4.69) is 11.4 Å². The second-order valence-electron chi connectivity index (χ2n) is 3.50. The molecule has 90 valence electrons. The van der Waals surface area contributed by atoms with Crippen molar-refractivity contribution in [3.63, 3.8) is 0 Å². The minimum absolute atomic E-state index is 0.219. The Labute approximate surface area is 110 Å². The molecule has 1 aromatic carbocycles. The lowest BCUT2D eigenvalue weighted by Crippen LogP contribution is -2.24. The van der Waals surface area contributed by atoms with Gasteiger partial charge in [0.1, 0.15) is 0 Å². The Balaban J connectivity index is 2.45. The summed E-state index contributed by atoms with van der Waals surface area (Å²) in [5.74, 6) is -0.219. The van der Waals surface area contributed by atoms with E-state index in [-0.39, 0.29) is 5.91 Å². The van der Waals surface area contributed by atoms with Gasteiger partial charge in [0.05, 0.1) is 16.7 Å². The number of benzene rings is 1.